The molecular weight excluding hydrogens is 170 g/mol. The summed E-state index contributed by atoms with van der Waals surface area (Å²) < 4.78 is 0. The molecule has 0 amide bonds. The molecule has 0 saturated heterocycles. The Morgan fingerprint density at radius 2 is 2.07 bits per heavy atom. The van der Waals surface area contributed by atoms with Crippen LogP contribution in [-0.4, -0.2) is 4.98 Å². The molecule has 3 rings (SSSR count). The summed E-state index contributed by atoms with van der Waals surface area (Å²) in [6, 6.07) is 8.43. The fourth-order valence-corrected chi connectivity index (χ4v) is 1.76. The van der Waals surface area contributed by atoms with Crippen LogP contribution in [0, 0.1) is 5.92 Å². The molecule has 0 aliphatic heterocycles. The number of allylic oxidation sites excluding steroid dienone is 1. The second-order valence-electron chi connectivity index (χ2n) is 3.99. The third-order valence-corrected chi connectivity index (χ3v) is 2.79. The van der Waals surface area contributed by atoms with E-state index >= 15 is 0 Å². The van der Waals surface area contributed by atoms with Gasteiger partial charge in [-0.05, 0) is 30.4 Å². The Hall–Kier alpha value is -1.50. The number of H-pyrrole nitrogens is 1. The molecule has 0 bridgehead atoms. The number of hydrogen-bond donors (Lipinski definition) is 1. The van der Waals surface area contributed by atoms with Gasteiger partial charge >= 0.3 is 0 Å². The van der Waals surface area contributed by atoms with E-state index in [0.717, 1.165) is 5.92 Å². The first-order valence-electron chi connectivity index (χ1n) is 5.18. The number of para-hydroxylation sites is 1. The molecule has 1 heterocycles. The van der Waals surface area contributed by atoms with Gasteiger partial charge in [-0.2, -0.15) is 0 Å². The summed E-state index contributed by atoms with van der Waals surface area (Å²) in [6.45, 7) is 0. The van der Waals surface area contributed by atoms with E-state index in [1.54, 1.807) is 0 Å². The quantitative estimate of drug-likeness (QED) is 0.732. The molecule has 1 heteroatoms. The van der Waals surface area contributed by atoms with Crippen LogP contribution in [0.5, 0.6) is 0 Å². The van der Waals surface area contributed by atoms with Crippen molar-refractivity contribution in [2.75, 3.05) is 0 Å². The van der Waals surface area contributed by atoms with Crippen molar-refractivity contribution in [1.82, 2.24) is 4.98 Å². The van der Waals surface area contributed by atoms with Gasteiger partial charge in [0.1, 0.15) is 0 Å². The van der Waals surface area contributed by atoms with Gasteiger partial charge in [0.15, 0.2) is 0 Å². The van der Waals surface area contributed by atoms with Gasteiger partial charge in [0.05, 0.1) is 0 Å². The maximum absolute atomic E-state index is 3.28. The van der Waals surface area contributed by atoms with Crippen molar-refractivity contribution in [2.45, 2.75) is 12.8 Å². The van der Waals surface area contributed by atoms with Crippen molar-refractivity contribution in [1.29, 1.82) is 0 Å². The molecule has 1 nitrogen and oxygen atoms in total. The minimum absolute atomic E-state index is 0.851. The van der Waals surface area contributed by atoms with Gasteiger partial charge in [0, 0.05) is 17.1 Å². The number of fused-ring (bicyclic) bond motifs is 1. The predicted octanol–water partition coefficient (Wildman–Crippen LogP) is 3.59. The molecule has 1 saturated carbocycles. The lowest BCUT2D eigenvalue weighted by Gasteiger charge is -1.90. The maximum atomic E-state index is 3.28. The third-order valence-electron chi connectivity index (χ3n) is 2.79. The van der Waals surface area contributed by atoms with Crippen LogP contribution in [0.25, 0.3) is 17.0 Å². The summed E-state index contributed by atoms with van der Waals surface area (Å²) in [5, 5.41) is 1.32. The summed E-state index contributed by atoms with van der Waals surface area (Å²) >= 11 is 0. The van der Waals surface area contributed by atoms with Crippen LogP contribution in [0.15, 0.2) is 36.5 Å². The molecule has 1 aromatic heterocycles. The van der Waals surface area contributed by atoms with Crippen LogP contribution in [0.3, 0.4) is 0 Å². The maximum Gasteiger partial charge on any atom is 0.0460 e. The Balaban J connectivity index is 2.03. The van der Waals surface area contributed by atoms with Crippen LogP contribution < -0.4 is 0 Å². The average Bonchev–Trinajstić information content (AvgIpc) is 2.96. The molecule has 1 aromatic carbocycles. The third kappa shape index (κ3) is 1.35. The largest absolute Gasteiger partial charge is 0.361 e. The Bertz CT molecular complexity index is 475. The zero-order valence-electron chi connectivity index (χ0n) is 8.03. The fourth-order valence-electron chi connectivity index (χ4n) is 1.76. The SMILES string of the molecule is C(=C\C1CC1)/c1c[nH]c2ccccc12. The van der Waals surface area contributed by atoms with Crippen molar-refractivity contribution in [3.05, 3.63) is 42.1 Å². The Labute approximate surface area is 83.5 Å². The van der Waals surface area contributed by atoms with Gasteiger partial charge in [-0.1, -0.05) is 30.4 Å². The molecule has 1 aliphatic carbocycles. The lowest BCUT2D eigenvalue weighted by atomic mass is 10.1. The Kier molecular flexibility index (Phi) is 1.69. The first-order valence-corrected chi connectivity index (χ1v) is 5.18. The molecule has 0 spiro atoms. The average molecular weight is 183 g/mol. The van der Waals surface area contributed by atoms with Crippen LogP contribution >= 0.6 is 0 Å². The van der Waals surface area contributed by atoms with Crippen LogP contribution in [0.4, 0.5) is 0 Å². The lowest BCUT2D eigenvalue weighted by molar-refractivity contribution is 1.13. The monoisotopic (exact) mass is 183 g/mol. The van der Waals surface area contributed by atoms with E-state index in [1.165, 1.54) is 29.3 Å². The first-order chi connectivity index (χ1) is 6.93. The normalized spacial score (nSPS) is 16.9. The molecule has 0 atom stereocenters. The minimum atomic E-state index is 0.851. The highest BCUT2D eigenvalue weighted by Gasteiger charge is 2.17. The smallest absolute Gasteiger partial charge is 0.0460 e. The van der Waals surface area contributed by atoms with Gasteiger partial charge in [-0.3, -0.25) is 0 Å². The van der Waals surface area contributed by atoms with E-state index in [4.69, 9.17) is 0 Å². The van der Waals surface area contributed by atoms with E-state index in [2.05, 4.69) is 47.6 Å². The van der Waals surface area contributed by atoms with Crippen LogP contribution in [0.2, 0.25) is 0 Å². The summed E-state index contributed by atoms with van der Waals surface area (Å²) in [7, 11) is 0. The zero-order chi connectivity index (χ0) is 9.38. The number of aromatic nitrogens is 1. The molecular formula is C13H13N. The summed E-state index contributed by atoms with van der Waals surface area (Å²) in [4.78, 5) is 3.28. The highest BCUT2D eigenvalue weighted by Crippen LogP contribution is 2.31. The van der Waals surface area contributed by atoms with E-state index in [1.807, 2.05) is 0 Å². The molecule has 1 aliphatic rings. The first kappa shape index (κ1) is 7.86. The van der Waals surface area contributed by atoms with Gasteiger partial charge < -0.3 is 4.98 Å². The standard InChI is InChI=1S/C13H13N/c1-2-4-13-12(3-1)11(9-14-13)8-7-10-5-6-10/h1-4,7-10,14H,5-6H2/b8-7+. The van der Waals surface area contributed by atoms with E-state index in [9.17, 15) is 0 Å². The summed E-state index contributed by atoms with van der Waals surface area (Å²) in [6.07, 6.45) is 9.41. The van der Waals surface area contributed by atoms with Crippen molar-refractivity contribution in [3.8, 4) is 0 Å². The minimum Gasteiger partial charge on any atom is -0.361 e. The van der Waals surface area contributed by atoms with Gasteiger partial charge in [-0.25, -0.2) is 0 Å². The Morgan fingerprint density at radius 1 is 1.21 bits per heavy atom. The summed E-state index contributed by atoms with van der Waals surface area (Å²) in [5.74, 6) is 0.851. The van der Waals surface area contributed by atoms with Crippen LogP contribution in [0.1, 0.15) is 18.4 Å². The fraction of sp³-hybridized carbons (Fsp3) is 0.231. The molecule has 14 heavy (non-hydrogen) atoms. The summed E-state index contributed by atoms with van der Waals surface area (Å²) in [5.41, 5.74) is 2.54. The second kappa shape index (κ2) is 3.02. The number of hydrogen-bond acceptors (Lipinski definition) is 0. The second-order valence-corrected chi connectivity index (χ2v) is 3.99. The van der Waals surface area contributed by atoms with E-state index in [0.29, 0.717) is 0 Å². The Morgan fingerprint density at radius 3 is 2.93 bits per heavy atom. The van der Waals surface area contributed by atoms with Gasteiger partial charge in [-0.15, -0.1) is 0 Å². The molecule has 0 unspecified atom stereocenters. The van der Waals surface area contributed by atoms with Gasteiger partial charge in [0.25, 0.3) is 0 Å². The molecule has 0 radical (unpaired) electrons. The van der Waals surface area contributed by atoms with Crippen molar-refractivity contribution < 1.29 is 0 Å². The lowest BCUT2D eigenvalue weighted by Crippen LogP contribution is -1.68. The predicted molar refractivity (Wildman–Crippen MR) is 60.1 cm³/mol. The number of benzene rings is 1. The van der Waals surface area contributed by atoms with Crippen molar-refractivity contribution in [2.24, 2.45) is 5.92 Å². The van der Waals surface area contributed by atoms with Crippen LogP contribution in [-0.2, 0) is 0 Å². The van der Waals surface area contributed by atoms with Crippen molar-refractivity contribution in [3.63, 3.8) is 0 Å². The number of nitrogens with one attached hydrogen (secondary N) is 1. The topological polar surface area (TPSA) is 15.8 Å². The molecule has 1 fully saturated rings. The van der Waals surface area contributed by atoms with E-state index in [-0.39, 0.29) is 0 Å². The molecule has 1 N–H and O–H groups in total. The van der Waals surface area contributed by atoms with Crippen molar-refractivity contribution >= 4 is 17.0 Å². The number of rotatable bonds is 2. The zero-order valence-corrected chi connectivity index (χ0v) is 8.03. The highest BCUT2D eigenvalue weighted by atomic mass is 14.7. The highest BCUT2D eigenvalue weighted by molar-refractivity contribution is 5.88. The van der Waals surface area contributed by atoms with Gasteiger partial charge in [0.2, 0.25) is 0 Å². The molecule has 2 aromatic rings. The number of aromatic amines is 1. The molecule has 70 valence electrons. The van der Waals surface area contributed by atoms with E-state index < -0.39 is 0 Å².